The van der Waals surface area contributed by atoms with Gasteiger partial charge in [-0.3, -0.25) is 9.59 Å². The van der Waals surface area contributed by atoms with Crippen LogP contribution in [0.5, 0.6) is 5.75 Å². The summed E-state index contributed by atoms with van der Waals surface area (Å²) in [6.07, 6.45) is 4.88. The van der Waals surface area contributed by atoms with E-state index in [0.29, 0.717) is 44.8 Å². The van der Waals surface area contributed by atoms with Crippen molar-refractivity contribution < 1.29 is 19.1 Å². The Labute approximate surface area is 161 Å². The Balaban J connectivity index is 1.26. The van der Waals surface area contributed by atoms with Crippen molar-refractivity contribution in [3.05, 3.63) is 30.3 Å². The van der Waals surface area contributed by atoms with Crippen LogP contribution in [0, 0.1) is 11.8 Å². The van der Waals surface area contributed by atoms with E-state index in [2.05, 4.69) is 5.32 Å². The summed E-state index contributed by atoms with van der Waals surface area (Å²) >= 11 is 0. The minimum Gasteiger partial charge on any atom is -0.484 e. The summed E-state index contributed by atoms with van der Waals surface area (Å²) in [7, 11) is 0. The quantitative estimate of drug-likeness (QED) is 0.638. The standard InChI is InChI=1S/C21H30N2O4/c24-20(16-27-19-5-2-1-3-6-19)23-12-9-18(10-13-23)21(25)22-11-4-14-26-15-17-7-8-17/h1-3,5-6,17-18H,4,7-16H2,(H,22,25). The molecular formula is C21H30N2O4. The number of hydrogen-bond donors (Lipinski definition) is 1. The number of nitrogens with zero attached hydrogens (tertiary/aromatic N) is 1. The van der Waals surface area contributed by atoms with Crippen LogP contribution in [0.3, 0.4) is 0 Å². The molecule has 1 aromatic rings. The molecule has 0 radical (unpaired) electrons. The Hall–Kier alpha value is -2.08. The zero-order valence-corrected chi connectivity index (χ0v) is 15.9. The average Bonchev–Trinajstić information content (AvgIpc) is 3.54. The lowest BCUT2D eigenvalue weighted by Gasteiger charge is -2.31. The molecule has 27 heavy (non-hydrogen) atoms. The Morgan fingerprint density at radius 2 is 1.81 bits per heavy atom. The number of carbonyl (C=O) groups excluding carboxylic acids is 2. The molecule has 2 fully saturated rings. The van der Waals surface area contributed by atoms with Gasteiger partial charge in [0.25, 0.3) is 5.91 Å². The third-order valence-corrected chi connectivity index (χ3v) is 5.14. The van der Waals surface area contributed by atoms with Gasteiger partial charge in [0.15, 0.2) is 6.61 Å². The molecule has 1 aromatic carbocycles. The topological polar surface area (TPSA) is 67.9 Å². The van der Waals surface area contributed by atoms with Gasteiger partial charge < -0.3 is 19.7 Å². The highest BCUT2D eigenvalue weighted by atomic mass is 16.5. The van der Waals surface area contributed by atoms with E-state index >= 15 is 0 Å². The van der Waals surface area contributed by atoms with E-state index in [1.54, 1.807) is 4.90 Å². The first-order valence-electron chi connectivity index (χ1n) is 10.0. The van der Waals surface area contributed by atoms with E-state index < -0.39 is 0 Å². The fourth-order valence-corrected chi connectivity index (χ4v) is 3.21. The molecule has 1 aliphatic carbocycles. The van der Waals surface area contributed by atoms with Crippen molar-refractivity contribution >= 4 is 11.8 Å². The summed E-state index contributed by atoms with van der Waals surface area (Å²) in [5, 5.41) is 3.00. The van der Waals surface area contributed by atoms with Crippen LogP contribution in [0.1, 0.15) is 32.1 Å². The maximum absolute atomic E-state index is 12.3. The number of benzene rings is 1. The molecule has 6 heteroatoms. The first-order chi connectivity index (χ1) is 13.2. The van der Waals surface area contributed by atoms with Gasteiger partial charge in [-0.2, -0.15) is 0 Å². The second kappa shape index (κ2) is 10.3. The van der Waals surface area contributed by atoms with Crippen LogP contribution in [-0.4, -0.2) is 56.2 Å². The highest BCUT2D eigenvalue weighted by molar-refractivity contribution is 5.80. The molecule has 0 unspecified atom stereocenters. The molecule has 0 atom stereocenters. The summed E-state index contributed by atoms with van der Waals surface area (Å²) < 4.78 is 11.1. The van der Waals surface area contributed by atoms with Gasteiger partial charge in [0, 0.05) is 38.8 Å². The van der Waals surface area contributed by atoms with Crippen LogP contribution < -0.4 is 10.1 Å². The van der Waals surface area contributed by atoms with Crippen molar-refractivity contribution in [1.82, 2.24) is 10.2 Å². The smallest absolute Gasteiger partial charge is 0.260 e. The van der Waals surface area contributed by atoms with Crippen molar-refractivity contribution in [1.29, 1.82) is 0 Å². The van der Waals surface area contributed by atoms with Crippen molar-refractivity contribution in [2.45, 2.75) is 32.1 Å². The Morgan fingerprint density at radius 1 is 1.07 bits per heavy atom. The van der Waals surface area contributed by atoms with Crippen LogP contribution in [0.25, 0.3) is 0 Å². The summed E-state index contributed by atoms with van der Waals surface area (Å²) in [5.74, 6) is 1.55. The number of ether oxygens (including phenoxy) is 2. The summed E-state index contributed by atoms with van der Waals surface area (Å²) in [6.45, 7) is 3.51. The maximum Gasteiger partial charge on any atom is 0.260 e. The molecule has 2 amide bonds. The summed E-state index contributed by atoms with van der Waals surface area (Å²) in [5.41, 5.74) is 0. The zero-order valence-electron chi connectivity index (χ0n) is 15.9. The van der Waals surface area contributed by atoms with Crippen LogP contribution in [-0.2, 0) is 14.3 Å². The summed E-state index contributed by atoms with van der Waals surface area (Å²) in [4.78, 5) is 26.3. The third kappa shape index (κ3) is 6.86. The van der Waals surface area contributed by atoms with Gasteiger partial charge in [-0.05, 0) is 50.2 Å². The minimum atomic E-state index is -0.0227. The molecule has 0 bridgehead atoms. The lowest BCUT2D eigenvalue weighted by Crippen LogP contribution is -2.44. The maximum atomic E-state index is 12.3. The van der Waals surface area contributed by atoms with Crippen molar-refractivity contribution in [2.24, 2.45) is 11.8 Å². The highest BCUT2D eigenvalue weighted by Gasteiger charge is 2.27. The second-order valence-electron chi connectivity index (χ2n) is 7.42. The predicted molar refractivity (Wildman–Crippen MR) is 102 cm³/mol. The fraction of sp³-hybridized carbons (Fsp3) is 0.619. The van der Waals surface area contributed by atoms with E-state index in [1.807, 2.05) is 30.3 Å². The first-order valence-corrected chi connectivity index (χ1v) is 10.0. The first kappa shape index (κ1) is 19.7. The Kier molecular flexibility index (Phi) is 7.51. The Bertz CT molecular complexity index is 595. The lowest BCUT2D eigenvalue weighted by atomic mass is 9.96. The molecular weight excluding hydrogens is 344 g/mol. The molecule has 1 saturated heterocycles. The van der Waals surface area contributed by atoms with E-state index in [-0.39, 0.29) is 24.3 Å². The molecule has 1 aliphatic heterocycles. The number of amides is 2. The van der Waals surface area contributed by atoms with Crippen molar-refractivity contribution in [2.75, 3.05) is 39.5 Å². The number of carbonyl (C=O) groups is 2. The number of piperidine rings is 1. The molecule has 6 nitrogen and oxygen atoms in total. The van der Waals surface area contributed by atoms with Crippen LogP contribution in [0.4, 0.5) is 0 Å². The van der Waals surface area contributed by atoms with Gasteiger partial charge in [0.2, 0.25) is 5.91 Å². The average molecular weight is 374 g/mol. The van der Waals surface area contributed by atoms with Gasteiger partial charge in [-0.1, -0.05) is 18.2 Å². The largest absolute Gasteiger partial charge is 0.484 e. The molecule has 1 saturated carbocycles. The van der Waals surface area contributed by atoms with Crippen LogP contribution in [0.2, 0.25) is 0 Å². The van der Waals surface area contributed by atoms with Gasteiger partial charge >= 0.3 is 0 Å². The fourth-order valence-electron chi connectivity index (χ4n) is 3.21. The highest BCUT2D eigenvalue weighted by Crippen LogP contribution is 2.28. The molecule has 3 rings (SSSR count). The summed E-state index contributed by atoms with van der Waals surface area (Å²) in [6, 6.07) is 9.33. The monoisotopic (exact) mass is 374 g/mol. The van der Waals surface area contributed by atoms with Crippen molar-refractivity contribution in [3.63, 3.8) is 0 Å². The SMILES string of the molecule is O=C(NCCCOCC1CC1)C1CCN(C(=O)COc2ccccc2)CC1. The van der Waals surface area contributed by atoms with Crippen LogP contribution >= 0.6 is 0 Å². The number of nitrogens with one attached hydrogen (secondary N) is 1. The third-order valence-electron chi connectivity index (χ3n) is 5.14. The van der Waals surface area contributed by atoms with E-state index in [0.717, 1.165) is 18.9 Å². The predicted octanol–water partition coefficient (Wildman–Crippen LogP) is 2.24. The van der Waals surface area contributed by atoms with E-state index in [9.17, 15) is 9.59 Å². The van der Waals surface area contributed by atoms with Gasteiger partial charge in [0.05, 0.1) is 0 Å². The molecule has 2 aliphatic rings. The number of rotatable bonds is 10. The normalized spacial score (nSPS) is 17.6. The van der Waals surface area contributed by atoms with Gasteiger partial charge in [-0.15, -0.1) is 0 Å². The minimum absolute atomic E-state index is 0.00326. The number of para-hydroxylation sites is 1. The molecule has 1 N–H and O–H groups in total. The molecule has 0 aromatic heterocycles. The van der Waals surface area contributed by atoms with Gasteiger partial charge in [-0.25, -0.2) is 0 Å². The van der Waals surface area contributed by atoms with Crippen molar-refractivity contribution in [3.8, 4) is 5.75 Å². The second-order valence-corrected chi connectivity index (χ2v) is 7.42. The van der Waals surface area contributed by atoms with Crippen LogP contribution in [0.15, 0.2) is 30.3 Å². The molecule has 148 valence electrons. The molecule has 1 heterocycles. The zero-order chi connectivity index (χ0) is 18.9. The van der Waals surface area contributed by atoms with Gasteiger partial charge in [0.1, 0.15) is 5.75 Å². The number of likely N-dealkylation sites (tertiary alicyclic amines) is 1. The lowest BCUT2D eigenvalue weighted by molar-refractivity contribution is -0.137. The Morgan fingerprint density at radius 3 is 2.52 bits per heavy atom. The number of hydrogen-bond acceptors (Lipinski definition) is 4. The molecule has 0 spiro atoms. The van der Waals surface area contributed by atoms with E-state index in [1.165, 1.54) is 12.8 Å². The van der Waals surface area contributed by atoms with E-state index in [4.69, 9.17) is 9.47 Å².